The molecule has 2 aromatic rings. The second kappa shape index (κ2) is 6.98. The summed E-state index contributed by atoms with van der Waals surface area (Å²) in [6, 6.07) is 7.38. The van der Waals surface area contributed by atoms with Crippen molar-refractivity contribution in [1.29, 1.82) is 0 Å². The van der Waals surface area contributed by atoms with Gasteiger partial charge in [-0.25, -0.2) is 4.68 Å². The van der Waals surface area contributed by atoms with Crippen LogP contribution in [-0.2, 0) is 11.3 Å². The highest BCUT2D eigenvalue weighted by molar-refractivity contribution is 8.18. The number of aromatic nitrogens is 3. The second-order valence-corrected chi connectivity index (χ2v) is 6.54. The van der Waals surface area contributed by atoms with Crippen molar-refractivity contribution in [2.75, 3.05) is 21.2 Å². The zero-order chi connectivity index (χ0) is 18.0. The van der Waals surface area contributed by atoms with Crippen LogP contribution in [0.3, 0.4) is 0 Å². The van der Waals surface area contributed by atoms with Gasteiger partial charge in [0.05, 0.1) is 24.8 Å². The van der Waals surface area contributed by atoms with E-state index in [2.05, 4.69) is 10.3 Å². The fourth-order valence-electron chi connectivity index (χ4n) is 2.33. The van der Waals surface area contributed by atoms with Gasteiger partial charge in [-0.1, -0.05) is 17.3 Å². The molecule has 0 radical (unpaired) electrons. The van der Waals surface area contributed by atoms with E-state index in [1.54, 1.807) is 43.2 Å². The van der Waals surface area contributed by atoms with Crippen LogP contribution in [0.25, 0.3) is 5.69 Å². The summed E-state index contributed by atoms with van der Waals surface area (Å²) in [6.07, 6.45) is 3.31. The number of nitrogens with zero attached hydrogens (tertiary/aromatic N) is 5. The lowest BCUT2D eigenvalue weighted by atomic mass is 10.3. The Labute approximate surface area is 149 Å². The van der Waals surface area contributed by atoms with Crippen molar-refractivity contribution >= 4 is 22.9 Å². The van der Waals surface area contributed by atoms with Crippen molar-refractivity contribution in [3.05, 3.63) is 47.3 Å². The standard InChI is InChI=1S/C16H17N5O3S/c1-19(2)10-14-15(22)20(16(23)25-14)8-11-9-21(18-17-11)12-6-4-5-7-13(12)24-3/h4-7,9-10H,8H2,1-3H3/b14-10-. The number of methoxy groups -OCH3 is 1. The maximum atomic E-state index is 12.3. The number of benzene rings is 1. The minimum absolute atomic E-state index is 0.0740. The van der Waals surface area contributed by atoms with Gasteiger partial charge in [0.15, 0.2) is 0 Å². The highest BCUT2D eigenvalue weighted by Gasteiger charge is 2.35. The number of para-hydroxylation sites is 2. The molecule has 0 atom stereocenters. The number of ether oxygens (including phenoxy) is 1. The SMILES string of the molecule is COc1ccccc1-n1cc(CN2C(=O)S/C(=C\N(C)C)C2=O)nn1. The minimum atomic E-state index is -0.324. The predicted molar refractivity (Wildman–Crippen MR) is 93.2 cm³/mol. The van der Waals surface area contributed by atoms with Crippen molar-refractivity contribution in [2.45, 2.75) is 6.54 Å². The van der Waals surface area contributed by atoms with Crippen molar-refractivity contribution in [2.24, 2.45) is 0 Å². The lowest BCUT2D eigenvalue weighted by Crippen LogP contribution is -2.28. The van der Waals surface area contributed by atoms with E-state index in [-0.39, 0.29) is 17.7 Å². The zero-order valence-corrected chi connectivity index (χ0v) is 14.9. The molecule has 1 aromatic carbocycles. The molecular weight excluding hydrogens is 342 g/mol. The monoisotopic (exact) mass is 359 g/mol. The third-order valence-electron chi connectivity index (χ3n) is 3.44. The van der Waals surface area contributed by atoms with E-state index in [0.29, 0.717) is 16.3 Å². The Morgan fingerprint density at radius 3 is 2.76 bits per heavy atom. The van der Waals surface area contributed by atoms with Gasteiger partial charge < -0.3 is 9.64 Å². The summed E-state index contributed by atoms with van der Waals surface area (Å²) in [7, 11) is 5.17. The smallest absolute Gasteiger partial charge is 0.293 e. The first-order chi connectivity index (χ1) is 12.0. The average Bonchev–Trinajstić information content (AvgIpc) is 3.15. The van der Waals surface area contributed by atoms with Crippen LogP contribution < -0.4 is 4.74 Å². The van der Waals surface area contributed by atoms with Gasteiger partial charge >= 0.3 is 0 Å². The first kappa shape index (κ1) is 17.0. The maximum Gasteiger partial charge on any atom is 0.293 e. The number of rotatable bonds is 5. The lowest BCUT2D eigenvalue weighted by Gasteiger charge is -2.10. The van der Waals surface area contributed by atoms with Crippen LogP contribution in [0.5, 0.6) is 5.75 Å². The molecule has 25 heavy (non-hydrogen) atoms. The highest BCUT2D eigenvalue weighted by Crippen LogP contribution is 2.31. The Morgan fingerprint density at radius 1 is 1.28 bits per heavy atom. The molecule has 2 heterocycles. The third-order valence-corrected chi connectivity index (χ3v) is 4.34. The van der Waals surface area contributed by atoms with Gasteiger partial charge in [-0.3, -0.25) is 14.5 Å². The van der Waals surface area contributed by atoms with Gasteiger partial charge in [0.2, 0.25) is 0 Å². The van der Waals surface area contributed by atoms with Crippen LogP contribution >= 0.6 is 11.8 Å². The molecule has 1 aliphatic heterocycles. The van der Waals surface area contributed by atoms with Crippen LogP contribution in [0.2, 0.25) is 0 Å². The Kier molecular flexibility index (Phi) is 4.75. The largest absolute Gasteiger partial charge is 0.494 e. The van der Waals surface area contributed by atoms with Crippen molar-refractivity contribution < 1.29 is 14.3 Å². The third kappa shape index (κ3) is 3.50. The number of hydrogen-bond acceptors (Lipinski definition) is 7. The molecule has 130 valence electrons. The van der Waals surface area contributed by atoms with Gasteiger partial charge in [0, 0.05) is 20.3 Å². The quantitative estimate of drug-likeness (QED) is 0.754. The summed E-state index contributed by atoms with van der Waals surface area (Å²) < 4.78 is 6.86. The molecule has 1 aliphatic rings. The Balaban J connectivity index is 1.80. The maximum absolute atomic E-state index is 12.3. The molecule has 1 fully saturated rings. The number of carbonyl (C=O) groups is 2. The fraction of sp³-hybridized carbons (Fsp3) is 0.250. The molecule has 0 N–H and O–H groups in total. The summed E-state index contributed by atoms with van der Waals surface area (Å²) in [5, 5.41) is 7.81. The van der Waals surface area contributed by atoms with Crippen molar-refractivity contribution in [3.8, 4) is 11.4 Å². The normalized spacial score (nSPS) is 16.0. The molecule has 2 amide bonds. The lowest BCUT2D eigenvalue weighted by molar-refractivity contribution is -0.123. The molecule has 1 aromatic heterocycles. The Bertz CT molecular complexity index is 846. The van der Waals surface area contributed by atoms with Crippen LogP contribution in [0.1, 0.15) is 5.69 Å². The summed E-state index contributed by atoms with van der Waals surface area (Å²) in [4.78, 5) is 27.7. The van der Waals surface area contributed by atoms with E-state index in [1.807, 2.05) is 24.3 Å². The average molecular weight is 359 g/mol. The first-order valence-electron chi connectivity index (χ1n) is 7.46. The van der Waals surface area contributed by atoms with Gasteiger partial charge in [0.1, 0.15) is 17.1 Å². The molecule has 0 aliphatic carbocycles. The van der Waals surface area contributed by atoms with E-state index in [0.717, 1.165) is 22.3 Å². The second-order valence-electron chi connectivity index (χ2n) is 5.54. The van der Waals surface area contributed by atoms with Gasteiger partial charge in [-0.15, -0.1) is 5.10 Å². The first-order valence-corrected chi connectivity index (χ1v) is 8.28. The molecule has 0 unspecified atom stereocenters. The summed E-state index contributed by atoms with van der Waals surface area (Å²) in [5.41, 5.74) is 1.24. The number of imide groups is 1. The van der Waals surface area contributed by atoms with Crippen LogP contribution in [0, 0.1) is 0 Å². The van der Waals surface area contributed by atoms with E-state index in [4.69, 9.17) is 4.74 Å². The molecule has 3 rings (SSSR count). The van der Waals surface area contributed by atoms with Crippen molar-refractivity contribution in [3.63, 3.8) is 0 Å². The Morgan fingerprint density at radius 2 is 2.04 bits per heavy atom. The van der Waals surface area contributed by atoms with E-state index in [1.165, 1.54) is 0 Å². The molecule has 9 heteroatoms. The molecule has 8 nitrogen and oxygen atoms in total. The predicted octanol–water partition coefficient (Wildman–Crippen LogP) is 1.87. The van der Waals surface area contributed by atoms with Crippen LogP contribution in [0.15, 0.2) is 41.6 Å². The zero-order valence-electron chi connectivity index (χ0n) is 14.0. The molecule has 0 spiro atoms. The molecule has 1 saturated heterocycles. The summed E-state index contributed by atoms with van der Waals surface area (Å²) >= 11 is 0.921. The van der Waals surface area contributed by atoms with Crippen LogP contribution in [0.4, 0.5) is 4.79 Å². The summed E-state index contributed by atoms with van der Waals surface area (Å²) in [5.74, 6) is 0.328. The van der Waals surface area contributed by atoms with Gasteiger partial charge in [-0.2, -0.15) is 0 Å². The number of thioether (sulfide) groups is 1. The van der Waals surface area contributed by atoms with Crippen LogP contribution in [-0.4, -0.2) is 57.1 Å². The minimum Gasteiger partial charge on any atom is -0.494 e. The highest BCUT2D eigenvalue weighted by atomic mass is 32.2. The topological polar surface area (TPSA) is 80.6 Å². The van der Waals surface area contributed by atoms with E-state index in [9.17, 15) is 9.59 Å². The van der Waals surface area contributed by atoms with E-state index < -0.39 is 0 Å². The molecule has 0 saturated carbocycles. The molecular formula is C16H17N5O3S. The van der Waals surface area contributed by atoms with Crippen molar-refractivity contribution in [1.82, 2.24) is 24.8 Å². The molecule has 0 bridgehead atoms. The number of hydrogen-bond donors (Lipinski definition) is 0. The van der Waals surface area contributed by atoms with Gasteiger partial charge in [0.25, 0.3) is 11.1 Å². The number of amides is 2. The number of carbonyl (C=O) groups excluding carboxylic acids is 2. The van der Waals surface area contributed by atoms with E-state index >= 15 is 0 Å². The van der Waals surface area contributed by atoms with Gasteiger partial charge in [-0.05, 0) is 23.9 Å². The fourth-order valence-corrected chi connectivity index (χ4v) is 3.24. The Hall–Kier alpha value is -2.81. The summed E-state index contributed by atoms with van der Waals surface area (Å²) in [6.45, 7) is 0.0740.